The smallest absolute Gasteiger partial charge is 0.243 e. The second-order valence-electron chi connectivity index (χ2n) is 5.17. The van der Waals surface area contributed by atoms with E-state index in [1.807, 2.05) is 0 Å². The van der Waals surface area contributed by atoms with Gasteiger partial charge < -0.3 is 0 Å². The van der Waals surface area contributed by atoms with Gasteiger partial charge in [0.1, 0.15) is 0 Å². The van der Waals surface area contributed by atoms with Gasteiger partial charge in [0.25, 0.3) is 0 Å². The fourth-order valence-electron chi connectivity index (χ4n) is 2.18. The van der Waals surface area contributed by atoms with Gasteiger partial charge in [0.2, 0.25) is 5.91 Å². The molecule has 108 valence electrons. The Morgan fingerprint density at radius 2 is 1.17 bits per heavy atom. The number of nitrogens with one attached hydrogen (secondary N) is 1. The van der Waals surface area contributed by atoms with Crippen LogP contribution in [0.2, 0.25) is 0 Å². The molecule has 1 amide bonds. The first-order chi connectivity index (χ1) is 8.81. The van der Waals surface area contributed by atoms with Crippen LogP contribution in [-0.4, -0.2) is 11.1 Å². The molecular formula is C15H31NO2. The summed E-state index contributed by atoms with van der Waals surface area (Å²) in [4.78, 5) is 10.7. The van der Waals surface area contributed by atoms with E-state index in [9.17, 15) is 4.79 Å². The normalized spacial score (nSPS) is 10.6. The molecule has 0 aromatic heterocycles. The minimum Gasteiger partial charge on any atom is -0.289 e. The van der Waals surface area contributed by atoms with Crippen molar-refractivity contribution in [2.45, 2.75) is 90.4 Å². The largest absolute Gasteiger partial charge is 0.289 e. The predicted molar refractivity (Wildman–Crippen MR) is 75.6 cm³/mol. The SMILES string of the molecule is CCCCCCCCCCCCCCC(=O)NO. The number of carbonyl (C=O) groups is 1. The van der Waals surface area contributed by atoms with E-state index < -0.39 is 0 Å². The molecule has 0 rings (SSSR count). The maximum absolute atomic E-state index is 10.7. The van der Waals surface area contributed by atoms with Gasteiger partial charge in [-0.05, 0) is 6.42 Å². The third kappa shape index (κ3) is 13.5. The molecule has 0 fully saturated rings. The first kappa shape index (κ1) is 17.4. The summed E-state index contributed by atoms with van der Waals surface area (Å²) in [5, 5.41) is 8.31. The summed E-state index contributed by atoms with van der Waals surface area (Å²) in [6, 6.07) is 0. The molecule has 0 aromatic rings. The fraction of sp³-hybridized carbons (Fsp3) is 0.933. The van der Waals surface area contributed by atoms with Crippen LogP contribution < -0.4 is 5.48 Å². The Hall–Kier alpha value is -0.570. The molecule has 0 aromatic carbocycles. The highest BCUT2D eigenvalue weighted by Gasteiger charge is 1.98. The number of hydrogen-bond donors (Lipinski definition) is 2. The number of carbonyl (C=O) groups excluding carboxylic acids is 1. The number of hydroxylamine groups is 1. The van der Waals surface area contributed by atoms with E-state index in [1.165, 1.54) is 64.2 Å². The molecular weight excluding hydrogens is 226 g/mol. The van der Waals surface area contributed by atoms with Crippen molar-refractivity contribution < 1.29 is 10.0 Å². The van der Waals surface area contributed by atoms with Crippen molar-refractivity contribution in [3.8, 4) is 0 Å². The lowest BCUT2D eigenvalue weighted by Crippen LogP contribution is -2.17. The van der Waals surface area contributed by atoms with Crippen LogP contribution in [-0.2, 0) is 4.79 Å². The average Bonchev–Trinajstić information content (AvgIpc) is 2.39. The van der Waals surface area contributed by atoms with Crippen LogP contribution in [0.5, 0.6) is 0 Å². The highest BCUT2D eigenvalue weighted by Crippen LogP contribution is 2.12. The van der Waals surface area contributed by atoms with Crippen molar-refractivity contribution in [3.63, 3.8) is 0 Å². The van der Waals surface area contributed by atoms with Gasteiger partial charge in [-0.1, -0.05) is 77.6 Å². The molecule has 0 saturated heterocycles. The van der Waals surface area contributed by atoms with Crippen molar-refractivity contribution in [2.24, 2.45) is 0 Å². The molecule has 0 unspecified atom stereocenters. The van der Waals surface area contributed by atoms with Gasteiger partial charge in [-0.15, -0.1) is 0 Å². The van der Waals surface area contributed by atoms with E-state index in [1.54, 1.807) is 5.48 Å². The van der Waals surface area contributed by atoms with Crippen LogP contribution in [0.1, 0.15) is 90.4 Å². The zero-order valence-corrected chi connectivity index (χ0v) is 12.0. The van der Waals surface area contributed by atoms with Crippen LogP contribution in [0.3, 0.4) is 0 Å². The van der Waals surface area contributed by atoms with Gasteiger partial charge >= 0.3 is 0 Å². The average molecular weight is 257 g/mol. The van der Waals surface area contributed by atoms with Crippen molar-refractivity contribution in [1.82, 2.24) is 5.48 Å². The number of rotatable bonds is 13. The van der Waals surface area contributed by atoms with Crippen LogP contribution in [0.4, 0.5) is 0 Å². The van der Waals surface area contributed by atoms with Crippen LogP contribution in [0.25, 0.3) is 0 Å². The molecule has 0 bridgehead atoms. The van der Waals surface area contributed by atoms with E-state index in [2.05, 4.69) is 6.92 Å². The predicted octanol–water partition coefficient (Wildman–Crippen LogP) is 4.58. The zero-order chi connectivity index (χ0) is 13.5. The molecule has 0 aliphatic rings. The van der Waals surface area contributed by atoms with E-state index >= 15 is 0 Å². The Labute approximate surface area is 112 Å². The van der Waals surface area contributed by atoms with Crippen molar-refractivity contribution in [2.75, 3.05) is 0 Å². The van der Waals surface area contributed by atoms with E-state index in [0.717, 1.165) is 12.8 Å². The minimum atomic E-state index is -0.262. The Balaban J connectivity index is 2.97. The van der Waals surface area contributed by atoms with Crippen molar-refractivity contribution >= 4 is 5.91 Å². The standard InChI is InChI=1S/C15H31NO2/c1-2-3-4-5-6-7-8-9-10-11-12-13-14-15(17)16-18/h18H,2-14H2,1H3,(H,16,17). The molecule has 18 heavy (non-hydrogen) atoms. The zero-order valence-electron chi connectivity index (χ0n) is 12.0. The highest BCUT2D eigenvalue weighted by atomic mass is 16.5. The summed E-state index contributed by atoms with van der Waals surface area (Å²) < 4.78 is 0. The molecule has 0 radical (unpaired) electrons. The molecule has 0 aliphatic heterocycles. The number of amides is 1. The van der Waals surface area contributed by atoms with E-state index in [0.29, 0.717) is 6.42 Å². The van der Waals surface area contributed by atoms with Gasteiger partial charge in [-0.3, -0.25) is 10.0 Å². The Morgan fingerprint density at radius 1 is 0.778 bits per heavy atom. The van der Waals surface area contributed by atoms with Crippen molar-refractivity contribution in [3.05, 3.63) is 0 Å². The van der Waals surface area contributed by atoms with E-state index in [4.69, 9.17) is 5.21 Å². The third-order valence-electron chi connectivity index (χ3n) is 3.38. The molecule has 3 nitrogen and oxygen atoms in total. The van der Waals surface area contributed by atoms with Crippen LogP contribution >= 0.6 is 0 Å². The molecule has 3 heteroatoms. The summed E-state index contributed by atoms with van der Waals surface area (Å²) in [6.45, 7) is 2.25. The van der Waals surface area contributed by atoms with Crippen LogP contribution in [0.15, 0.2) is 0 Å². The maximum Gasteiger partial charge on any atom is 0.243 e. The maximum atomic E-state index is 10.7. The van der Waals surface area contributed by atoms with Crippen molar-refractivity contribution in [1.29, 1.82) is 0 Å². The topological polar surface area (TPSA) is 49.3 Å². The first-order valence-electron chi connectivity index (χ1n) is 7.74. The lowest BCUT2D eigenvalue weighted by atomic mass is 10.0. The summed E-state index contributed by atoms with van der Waals surface area (Å²) in [5.41, 5.74) is 1.67. The molecule has 0 saturated carbocycles. The molecule has 0 atom stereocenters. The second-order valence-corrected chi connectivity index (χ2v) is 5.17. The summed E-state index contributed by atoms with van der Waals surface area (Å²) in [7, 11) is 0. The molecule has 0 aliphatic carbocycles. The lowest BCUT2D eigenvalue weighted by Gasteiger charge is -2.02. The van der Waals surface area contributed by atoms with E-state index in [-0.39, 0.29) is 5.91 Å². The molecule has 2 N–H and O–H groups in total. The highest BCUT2D eigenvalue weighted by molar-refractivity contribution is 5.74. The quantitative estimate of drug-likeness (QED) is 0.288. The fourth-order valence-corrected chi connectivity index (χ4v) is 2.18. The lowest BCUT2D eigenvalue weighted by molar-refractivity contribution is -0.129. The molecule has 0 spiro atoms. The van der Waals surface area contributed by atoms with Gasteiger partial charge in [0.05, 0.1) is 0 Å². The Bertz CT molecular complexity index is 183. The first-order valence-corrected chi connectivity index (χ1v) is 7.74. The third-order valence-corrected chi connectivity index (χ3v) is 3.38. The van der Waals surface area contributed by atoms with Gasteiger partial charge in [0.15, 0.2) is 0 Å². The minimum absolute atomic E-state index is 0.262. The monoisotopic (exact) mass is 257 g/mol. The summed E-state index contributed by atoms with van der Waals surface area (Å²) in [6.07, 6.45) is 16.0. The summed E-state index contributed by atoms with van der Waals surface area (Å²) in [5.74, 6) is -0.262. The van der Waals surface area contributed by atoms with Gasteiger partial charge in [-0.25, -0.2) is 5.48 Å². The van der Waals surface area contributed by atoms with Gasteiger partial charge in [-0.2, -0.15) is 0 Å². The summed E-state index contributed by atoms with van der Waals surface area (Å²) >= 11 is 0. The molecule has 0 heterocycles. The van der Waals surface area contributed by atoms with Crippen LogP contribution in [0, 0.1) is 0 Å². The second kappa shape index (κ2) is 14.5. The Kier molecular flexibility index (Phi) is 14.0. The van der Waals surface area contributed by atoms with Gasteiger partial charge in [0, 0.05) is 6.42 Å². The number of hydrogen-bond acceptors (Lipinski definition) is 2. The number of unbranched alkanes of at least 4 members (excludes halogenated alkanes) is 11. The Morgan fingerprint density at radius 3 is 1.56 bits per heavy atom.